The van der Waals surface area contributed by atoms with Gasteiger partial charge >= 0.3 is 11.6 Å². The van der Waals surface area contributed by atoms with Crippen LogP contribution in [0.5, 0.6) is 29.0 Å². The first kappa shape index (κ1) is 30.0. The molecule has 0 aliphatic rings. The Kier molecular flexibility index (Phi) is 9.67. The largest absolute Gasteiger partial charge is 0.494 e. The topological polar surface area (TPSA) is 142 Å². The van der Waals surface area contributed by atoms with Crippen molar-refractivity contribution in [1.29, 1.82) is 0 Å². The van der Waals surface area contributed by atoms with Crippen molar-refractivity contribution in [2.45, 2.75) is 13.3 Å². The maximum Gasteiger partial charge on any atom is 0.339 e. The number of nitrogens with zero attached hydrogens (tertiary/aromatic N) is 3. The van der Waals surface area contributed by atoms with Crippen molar-refractivity contribution in [2.24, 2.45) is 0 Å². The molecule has 12 nitrogen and oxygen atoms in total. The molecule has 2 aromatic heterocycles. The summed E-state index contributed by atoms with van der Waals surface area (Å²) in [4.78, 5) is 25.5. The summed E-state index contributed by atoms with van der Waals surface area (Å²) in [6, 6.07) is 21.3. The summed E-state index contributed by atoms with van der Waals surface area (Å²) < 4.78 is 27.5. The normalized spacial score (nSPS) is 10.6. The highest BCUT2D eigenvalue weighted by molar-refractivity contribution is 7.80. The van der Waals surface area contributed by atoms with Crippen LogP contribution in [0, 0.1) is 0 Å². The predicted octanol–water partition coefficient (Wildman–Crippen LogP) is 5.65. The molecule has 13 heteroatoms. The number of fused-ring (bicyclic) bond motifs is 1. The van der Waals surface area contributed by atoms with Gasteiger partial charge in [0.2, 0.25) is 11.9 Å². The Bertz CT molecular complexity index is 1810. The number of aromatic nitrogens is 3. The zero-order chi connectivity index (χ0) is 30.9. The fraction of sp³-hybridized carbons (Fsp3) is 0.194. The molecule has 0 saturated carbocycles. The van der Waals surface area contributed by atoms with Gasteiger partial charge in [-0.1, -0.05) is 18.2 Å². The molecule has 226 valence electrons. The van der Waals surface area contributed by atoms with Gasteiger partial charge in [0.05, 0.1) is 32.3 Å². The van der Waals surface area contributed by atoms with Crippen molar-refractivity contribution in [2.75, 3.05) is 43.3 Å². The number of thiocarbonyl (C=S) groups is 1. The molecule has 0 aliphatic heterocycles. The monoisotopic (exact) mass is 614 g/mol. The predicted molar refractivity (Wildman–Crippen MR) is 172 cm³/mol. The van der Waals surface area contributed by atoms with Crippen molar-refractivity contribution in [3.63, 3.8) is 0 Å². The van der Waals surface area contributed by atoms with Gasteiger partial charge in [0, 0.05) is 12.2 Å². The van der Waals surface area contributed by atoms with Gasteiger partial charge < -0.3 is 39.3 Å². The summed E-state index contributed by atoms with van der Waals surface area (Å²) in [5.74, 6) is 2.63. The minimum atomic E-state index is -0.569. The first-order chi connectivity index (χ1) is 21.4. The zero-order valence-electron chi connectivity index (χ0n) is 24.2. The van der Waals surface area contributed by atoms with Gasteiger partial charge in [0.25, 0.3) is 0 Å². The maximum absolute atomic E-state index is 12.2. The van der Waals surface area contributed by atoms with E-state index in [0.29, 0.717) is 42.0 Å². The second-order valence-electron chi connectivity index (χ2n) is 9.20. The first-order valence-electron chi connectivity index (χ1n) is 13.7. The second kappa shape index (κ2) is 14.2. The Morgan fingerprint density at radius 3 is 2.41 bits per heavy atom. The molecule has 0 bridgehead atoms. The number of methoxy groups -OCH3 is 2. The lowest BCUT2D eigenvalue weighted by Gasteiger charge is -2.13. The summed E-state index contributed by atoms with van der Waals surface area (Å²) in [5, 5.41) is 10.1. The van der Waals surface area contributed by atoms with Crippen LogP contribution in [0.3, 0.4) is 0 Å². The van der Waals surface area contributed by atoms with Crippen LogP contribution in [0.4, 0.5) is 17.6 Å². The molecular formula is C31H30N6O6S. The van der Waals surface area contributed by atoms with Crippen LogP contribution in [-0.4, -0.2) is 47.4 Å². The van der Waals surface area contributed by atoms with Gasteiger partial charge in [-0.05, 0) is 79.7 Å². The molecule has 0 amide bonds. The molecule has 0 radical (unpaired) electrons. The van der Waals surface area contributed by atoms with Gasteiger partial charge in [-0.3, -0.25) is 0 Å². The third-order valence-electron chi connectivity index (χ3n) is 6.22. The summed E-state index contributed by atoms with van der Waals surface area (Å²) in [5.41, 5.74) is 1.56. The second-order valence-corrected chi connectivity index (χ2v) is 9.60. The van der Waals surface area contributed by atoms with Crippen molar-refractivity contribution in [1.82, 2.24) is 15.0 Å². The van der Waals surface area contributed by atoms with Crippen molar-refractivity contribution in [3.05, 3.63) is 88.8 Å². The van der Waals surface area contributed by atoms with Gasteiger partial charge in [-0.2, -0.15) is 15.0 Å². The Morgan fingerprint density at radius 1 is 0.864 bits per heavy atom. The molecule has 0 spiro atoms. The molecule has 0 unspecified atom stereocenters. The average Bonchev–Trinajstić information content (AvgIpc) is 3.02. The molecule has 44 heavy (non-hydrogen) atoms. The van der Waals surface area contributed by atoms with Gasteiger partial charge in [0.15, 0.2) is 16.6 Å². The van der Waals surface area contributed by atoms with Crippen LogP contribution in [0.25, 0.3) is 11.0 Å². The third kappa shape index (κ3) is 7.69. The minimum absolute atomic E-state index is 0.0595. The van der Waals surface area contributed by atoms with E-state index in [1.54, 1.807) is 32.4 Å². The molecule has 0 aliphatic carbocycles. The highest BCUT2D eigenvalue weighted by Crippen LogP contribution is 2.29. The number of anilines is 3. The Hall–Kier alpha value is -5.43. The van der Waals surface area contributed by atoms with Crippen molar-refractivity contribution >= 4 is 45.9 Å². The van der Waals surface area contributed by atoms with E-state index in [9.17, 15) is 4.79 Å². The van der Waals surface area contributed by atoms with E-state index in [0.717, 1.165) is 17.0 Å². The molecule has 0 saturated heterocycles. The fourth-order valence-electron chi connectivity index (χ4n) is 4.22. The van der Waals surface area contributed by atoms with E-state index in [2.05, 4.69) is 30.9 Å². The highest BCUT2D eigenvalue weighted by atomic mass is 32.1. The summed E-state index contributed by atoms with van der Waals surface area (Å²) >= 11 is 5.50. The van der Waals surface area contributed by atoms with Crippen LogP contribution in [0.1, 0.15) is 12.5 Å². The van der Waals surface area contributed by atoms with E-state index >= 15 is 0 Å². The summed E-state index contributed by atoms with van der Waals surface area (Å²) in [6.07, 6.45) is 0.632. The minimum Gasteiger partial charge on any atom is -0.494 e. The van der Waals surface area contributed by atoms with E-state index < -0.39 is 5.63 Å². The Balaban J connectivity index is 1.36. The van der Waals surface area contributed by atoms with Crippen LogP contribution in [0.2, 0.25) is 0 Å². The van der Waals surface area contributed by atoms with Crippen LogP contribution in [-0.2, 0) is 6.42 Å². The van der Waals surface area contributed by atoms with Crippen LogP contribution in [0.15, 0.2) is 82.0 Å². The number of nitrogens with one attached hydrogen (secondary N) is 3. The first-order valence-corrected chi connectivity index (χ1v) is 14.1. The molecule has 3 aromatic carbocycles. The highest BCUT2D eigenvalue weighted by Gasteiger charge is 2.14. The Labute approximate surface area is 258 Å². The number of hydrogen-bond acceptors (Lipinski definition) is 11. The molecule has 5 aromatic rings. The maximum atomic E-state index is 12.2. The quantitative estimate of drug-likeness (QED) is 0.118. The summed E-state index contributed by atoms with van der Waals surface area (Å²) in [7, 11) is 3.19. The lowest BCUT2D eigenvalue weighted by Crippen LogP contribution is -2.21. The molecule has 2 heterocycles. The van der Waals surface area contributed by atoms with Crippen LogP contribution < -0.4 is 40.5 Å². The Morgan fingerprint density at radius 2 is 1.64 bits per heavy atom. The average molecular weight is 615 g/mol. The van der Waals surface area contributed by atoms with Gasteiger partial charge in [-0.15, -0.1) is 0 Å². The lowest BCUT2D eigenvalue weighted by atomic mass is 10.1. The third-order valence-corrected chi connectivity index (χ3v) is 6.43. The summed E-state index contributed by atoms with van der Waals surface area (Å²) in [6.45, 7) is 2.97. The smallest absolute Gasteiger partial charge is 0.339 e. The molecular weight excluding hydrogens is 584 g/mol. The van der Waals surface area contributed by atoms with Crippen molar-refractivity contribution < 1.29 is 23.4 Å². The SMILES string of the molecule is CCOc1ccc(NC(=S)Nc2nc(NCCc3ccc(OC)c(OC)c3)nc(Oc3cc(=O)oc4ccccc34)n2)cc1. The molecule has 5 rings (SSSR count). The van der Waals surface area contributed by atoms with E-state index in [1.165, 1.54) is 6.07 Å². The lowest BCUT2D eigenvalue weighted by molar-refractivity contribution is 0.340. The fourth-order valence-corrected chi connectivity index (χ4v) is 4.43. The molecule has 3 N–H and O–H groups in total. The van der Waals surface area contributed by atoms with Crippen molar-refractivity contribution in [3.8, 4) is 29.0 Å². The van der Waals surface area contributed by atoms with E-state index in [-0.39, 0.29) is 28.8 Å². The number of ether oxygens (including phenoxy) is 4. The standard InChI is InChI=1S/C31H30N6O6S/c1-4-41-21-12-10-20(11-13-21)33-31(44)37-29-34-28(32-16-15-19-9-14-24(39-2)26(17-19)40-3)35-30(36-29)43-25-18-27(38)42-23-8-6-5-7-22(23)25/h5-14,17-18H,4,15-16H2,1-3H3,(H3,32,33,34,35,36,37,44). The van der Waals surface area contributed by atoms with Gasteiger partial charge in [-0.25, -0.2) is 4.79 Å². The number of para-hydroxylation sites is 1. The number of hydrogen-bond donors (Lipinski definition) is 3. The van der Waals surface area contributed by atoms with Crippen LogP contribution >= 0.6 is 12.2 Å². The number of benzene rings is 3. The molecule has 0 atom stereocenters. The van der Waals surface area contributed by atoms with E-state index in [4.69, 9.17) is 35.6 Å². The van der Waals surface area contributed by atoms with E-state index in [1.807, 2.05) is 55.5 Å². The molecule has 0 fully saturated rings. The number of rotatable bonds is 12. The zero-order valence-corrected chi connectivity index (χ0v) is 25.1. The van der Waals surface area contributed by atoms with Gasteiger partial charge in [0.1, 0.15) is 17.1 Å².